The molecule has 0 spiro atoms. The molecule has 4 atom stereocenters. The van der Waals surface area contributed by atoms with E-state index in [1.54, 1.807) is 12.1 Å². The van der Waals surface area contributed by atoms with E-state index in [0.717, 1.165) is 19.3 Å². The molecule has 30 heavy (non-hydrogen) atoms. The number of nitro benzene ring substituents is 1. The first-order chi connectivity index (χ1) is 14.4. The molecule has 2 amide bonds. The second-order valence-electron chi connectivity index (χ2n) is 8.09. The first-order valence-corrected chi connectivity index (χ1v) is 9.88. The van der Waals surface area contributed by atoms with Gasteiger partial charge in [-0.3, -0.25) is 24.6 Å². The minimum Gasteiger partial charge on any atom is -0.423 e. The highest BCUT2D eigenvalue weighted by molar-refractivity contribution is 6.22. The molecule has 152 valence electrons. The molecule has 1 saturated heterocycles. The molecule has 3 fully saturated rings. The van der Waals surface area contributed by atoms with Crippen LogP contribution in [0.1, 0.15) is 29.6 Å². The van der Waals surface area contributed by atoms with Gasteiger partial charge in [0.2, 0.25) is 11.8 Å². The minimum absolute atomic E-state index is 0.109. The summed E-state index contributed by atoms with van der Waals surface area (Å²) in [7, 11) is 0. The Balaban J connectivity index is 1.37. The number of nitro groups is 1. The zero-order valence-corrected chi connectivity index (χ0v) is 15.9. The van der Waals surface area contributed by atoms with Gasteiger partial charge in [-0.1, -0.05) is 6.07 Å². The van der Waals surface area contributed by atoms with Crippen LogP contribution in [0.3, 0.4) is 0 Å². The molecule has 0 aromatic heterocycles. The van der Waals surface area contributed by atoms with Crippen molar-refractivity contribution in [3.63, 3.8) is 0 Å². The summed E-state index contributed by atoms with van der Waals surface area (Å²) >= 11 is 0. The second kappa shape index (κ2) is 6.76. The molecule has 2 aliphatic carbocycles. The molecule has 8 heteroatoms. The van der Waals surface area contributed by atoms with Gasteiger partial charge < -0.3 is 4.74 Å². The van der Waals surface area contributed by atoms with E-state index >= 15 is 0 Å². The highest BCUT2D eigenvalue weighted by atomic mass is 16.6. The second-order valence-corrected chi connectivity index (χ2v) is 8.09. The lowest BCUT2D eigenvalue weighted by Crippen LogP contribution is -2.32. The third kappa shape index (κ3) is 2.79. The molecule has 2 bridgehead atoms. The molecule has 8 nitrogen and oxygen atoms in total. The summed E-state index contributed by atoms with van der Waals surface area (Å²) in [5, 5.41) is 10.7. The molecule has 1 heterocycles. The fourth-order valence-electron chi connectivity index (χ4n) is 5.24. The molecule has 0 radical (unpaired) electrons. The SMILES string of the molecule is O=C(Oc1ccc([N+](=O)[O-])cc1)c1cccc(N2C(=O)[C@H]3[C@@H]4CC[C@@H](C4)[C@@H]3C2=O)c1. The highest BCUT2D eigenvalue weighted by Crippen LogP contribution is 2.56. The van der Waals surface area contributed by atoms with Crippen molar-refractivity contribution in [3.05, 3.63) is 64.2 Å². The van der Waals surface area contributed by atoms with E-state index in [2.05, 4.69) is 0 Å². The van der Waals surface area contributed by atoms with Crippen LogP contribution in [-0.4, -0.2) is 22.7 Å². The Kier molecular flexibility index (Phi) is 4.16. The summed E-state index contributed by atoms with van der Waals surface area (Å²) in [6.45, 7) is 0. The maximum Gasteiger partial charge on any atom is 0.343 e. The number of amides is 2. The van der Waals surface area contributed by atoms with Crippen molar-refractivity contribution in [3.8, 4) is 5.75 Å². The fraction of sp³-hybridized carbons (Fsp3) is 0.318. The van der Waals surface area contributed by atoms with E-state index in [-0.39, 0.29) is 52.5 Å². The molecule has 2 aromatic carbocycles. The van der Waals surface area contributed by atoms with E-state index in [4.69, 9.17) is 4.74 Å². The Bertz CT molecular complexity index is 1050. The zero-order chi connectivity index (χ0) is 21.0. The number of carbonyl (C=O) groups is 3. The molecular weight excluding hydrogens is 388 g/mol. The summed E-state index contributed by atoms with van der Waals surface area (Å²) in [6, 6.07) is 11.4. The summed E-state index contributed by atoms with van der Waals surface area (Å²) in [4.78, 5) is 49.9. The van der Waals surface area contributed by atoms with E-state index in [0.29, 0.717) is 5.69 Å². The lowest BCUT2D eigenvalue weighted by molar-refractivity contribution is -0.384. The number of benzene rings is 2. The Labute approximate surface area is 171 Å². The highest BCUT2D eigenvalue weighted by Gasteiger charge is 2.61. The van der Waals surface area contributed by atoms with Crippen molar-refractivity contribution in [1.82, 2.24) is 0 Å². The largest absolute Gasteiger partial charge is 0.423 e. The normalized spacial score (nSPS) is 26.7. The van der Waals surface area contributed by atoms with Crippen molar-refractivity contribution in [2.45, 2.75) is 19.3 Å². The average Bonchev–Trinajstić information content (AvgIpc) is 3.42. The van der Waals surface area contributed by atoms with Crippen molar-refractivity contribution in [1.29, 1.82) is 0 Å². The summed E-state index contributed by atoms with van der Waals surface area (Å²) < 4.78 is 5.28. The Morgan fingerprint density at radius 1 is 1.00 bits per heavy atom. The zero-order valence-electron chi connectivity index (χ0n) is 15.9. The van der Waals surface area contributed by atoms with Crippen molar-refractivity contribution >= 4 is 29.2 Å². The van der Waals surface area contributed by atoms with Gasteiger partial charge >= 0.3 is 5.97 Å². The summed E-state index contributed by atoms with van der Waals surface area (Å²) in [6.07, 6.45) is 2.96. The van der Waals surface area contributed by atoms with Crippen LogP contribution in [0.2, 0.25) is 0 Å². The monoisotopic (exact) mass is 406 g/mol. The quantitative estimate of drug-likeness (QED) is 0.253. The predicted molar refractivity (Wildman–Crippen MR) is 105 cm³/mol. The number of hydrogen-bond donors (Lipinski definition) is 0. The predicted octanol–water partition coefficient (Wildman–Crippen LogP) is 3.35. The van der Waals surface area contributed by atoms with Crippen LogP contribution < -0.4 is 9.64 Å². The minimum atomic E-state index is -0.676. The number of fused-ring (bicyclic) bond motifs is 5. The van der Waals surface area contributed by atoms with E-state index in [9.17, 15) is 24.5 Å². The molecule has 0 unspecified atom stereocenters. The lowest BCUT2D eigenvalue weighted by Gasteiger charge is -2.19. The van der Waals surface area contributed by atoms with Crippen LogP contribution in [0, 0.1) is 33.8 Å². The maximum atomic E-state index is 13.0. The van der Waals surface area contributed by atoms with Gasteiger partial charge in [-0.15, -0.1) is 0 Å². The summed E-state index contributed by atoms with van der Waals surface area (Å²) in [5.74, 6) is -0.732. The Morgan fingerprint density at radius 2 is 1.63 bits per heavy atom. The Morgan fingerprint density at radius 3 is 2.23 bits per heavy atom. The van der Waals surface area contributed by atoms with E-state index in [1.807, 2.05) is 0 Å². The van der Waals surface area contributed by atoms with Gasteiger partial charge in [-0.05, 0) is 61.4 Å². The molecule has 2 aromatic rings. The van der Waals surface area contributed by atoms with Gasteiger partial charge in [0.1, 0.15) is 5.75 Å². The number of anilines is 1. The van der Waals surface area contributed by atoms with Crippen LogP contribution in [0.15, 0.2) is 48.5 Å². The van der Waals surface area contributed by atoms with Gasteiger partial charge in [0.15, 0.2) is 0 Å². The van der Waals surface area contributed by atoms with E-state index < -0.39 is 10.9 Å². The molecule has 5 rings (SSSR count). The summed E-state index contributed by atoms with van der Waals surface area (Å²) in [5.41, 5.74) is 0.450. The molecule has 1 aliphatic heterocycles. The number of rotatable bonds is 4. The molecule has 3 aliphatic rings. The number of imide groups is 1. The topological polar surface area (TPSA) is 107 Å². The fourth-order valence-corrected chi connectivity index (χ4v) is 5.24. The number of carbonyl (C=O) groups excluding carboxylic acids is 3. The van der Waals surface area contributed by atoms with E-state index in [1.165, 1.54) is 41.3 Å². The van der Waals surface area contributed by atoms with Gasteiger partial charge in [0.05, 0.1) is 28.0 Å². The Hall–Kier alpha value is -3.55. The number of hydrogen-bond acceptors (Lipinski definition) is 6. The number of nitrogens with zero attached hydrogens (tertiary/aromatic N) is 2. The maximum absolute atomic E-state index is 13.0. The first kappa shape index (κ1) is 18.5. The van der Waals surface area contributed by atoms with Crippen LogP contribution in [0.25, 0.3) is 0 Å². The van der Waals surface area contributed by atoms with Crippen LogP contribution in [-0.2, 0) is 9.59 Å². The molecular formula is C22H18N2O6. The molecule has 0 N–H and O–H groups in total. The van der Waals surface area contributed by atoms with Gasteiger partial charge in [-0.2, -0.15) is 0 Å². The van der Waals surface area contributed by atoms with Crippen LogP contribution in [0.5, 0.6) is 5.75 Å². The van der Waals surface area contributed by atoms with Crippen LogP contribution >= 0.6 is 0 Å². The van der Waals surface area contributed by atoms with Crippen molar-refractivity contribution < 1.29 is 24.0 Å². The number of ether oxygens (including phenoxy) is 1. The number of non-ortho nitro benzene ring substituents is 1. The van der Waals surface area contributed by atoms with Gasteiger partial charge in [-0.25, -0.2) is 4.79 Å². The van der Waals surface area contributed by atoms with Gasteiger partial charge in [0, 0.05) is 12.1 Å². The van der Waals surface area contributed by atoms with Crippen molar-refractivity contribution in [2.24, 2.45) is 23.7 Å². The first-order valence-electron chi connectivity index (χ1n) is 9.88. The van der Waals surface area contributed by atoms with Crippen LogP contribution in [0.4, 0.5) is 11.4 Å². The lowest BCUT2D eigenvalue weighted by atomic mass is 9.81. The standard InChI is InChI=1S/C22H18N2O6/c25-20-18-12-4-5-13(10-12)19(18)21(26)23(20)16-3-1-2-14(11-16)22(27)30-17-8-6-15(7-9-17)24(28)29/h1-3,6-9,11-13,18-19H,4-5,10H2/t12-,13+,18-,19-/m0/s1. The number of esters is 1. The third-order valence-corrected chi connectivity index (χ3v) is 6.53. The van der Waals surface area contributed by atoms with Gasteiger partial charge in [0.25, 0.3) is 5.69 Å². The third-order valence-electron chi connectivity index (χ3n) is 6.53. The smallest absolute Gasteiger partial charge is 0.343 e. The average molecular weight is 406 g/mol. The van der Waals surface area contributed by atoms with Crippen molar-refractivity contribution in [2.75, 3.05) is 4.90 Å². The molecule has 2 saturated carbocycles.